The van der Waals surface area contributed by atoms with E-state index in [0.717, 1.165) is 0 Å². The van der Waals surface area contributed by atoms with Gasteiger partial charge in [0.15, 0.2) is 0 Å². The number of amides is 1. The van der Waals surface area contributed by atoms with E-state index in [1.165, 1.54) is 31.4 Å². The van der Waals surface area contributed by atoms with E-state index in [0.29, 0.717) is 38.9 Å². The Balaban J connectivity index is 1.68. The summed E-state index contributed by atoms with van der Waals surface area (Å²) in [5.41, 5.74) is 1.30. The number of nitrogens with one attached hydrogen (secondary N) is 2. The first-order chi connectivity index (χ1) is 16.2. The Labute approximate surface area is 201 Å². The van der Waals surface area contributed by atoms with E-state index in [9.17, 15) is 13.2 Å². The number of methoxy groups -OCH3 is 2. The Morgan fingerprint density at radius 3 is 2.38 bits per heavy atom. The van der Waals surface area contributed by atoms with Crippen LogP contribution in [0.4, 0.5) is 11.5 Å². The number of nitrogens with zero attached hydrogens (tertiary/aromatic N) is 2. The Morgan fingerprint density at radius 2 is 1.71 bits per heavy atom. The van der Waals surface area contributed by atoms with Crippen molar-refractivity contribution in [2.24, 2.45) is 7.05 Å². The molecule has 2 aromatic heterocycles. The highest BCUT2D eigenvalue weighted by atomic mass is 35.5. The Morgan fingerprint density at radius 1 is 1.00 bits per heavy atom. The number of ether oxygens (including phenoxy) is 2. The molecule has 0 fully saturated rings. The molecule has 0 bridgehead atoms. The van der Waals surface area contributed by atoms with Gasteiger partial charge >= 0.3 is 0 Å². The van der Waals surface area contributed by atoms with E-state index < -0.39 is 15.9 Å². The number of fused-ring (bicyclic) bond motifs is 1. The fourth-order valence-electron chi connectivity index (χ4n) is 3.48. The van der Waals surface area contributed by atoms with Gasteiger partial charge in [-0.25, -0.2) is 18.1 Å². The van der Waals surface area contributed by atoms with Crippen molar-refractivity contribution in [3.63, 3.8) is 0 Å². The van der Waals surface area contributed by atoms with Gasteiger partial charge in [-0.15, -0.1) is 0 Å². The van der Waals surface area contributed by atoms with Crippen LogP contribution in [0.1, 0.15) is 10.5 Å². The van der Waals surface area contributed by atoms with Crippen LogP contribution in [0.5, 0.6) is 11.5 Å². The van der Waals surface area contributed by atoms with Crippen molar-refractivity contribution in [1.29, 1.82) is 0 Å². The van der Waals surface area contributed by atoms with Gasteiger partial charge in [-0.3, -0.25) is 4.79 Å². The third-order valence-electron chi connectivity index (χ3n) is 5.20. The topological polar surface area (TPSA) is 112 Å². The predicted octanol–water partition coefficient (Wildman–Crippen LogP) is 4.11. The quantitative estimate of drug-likeness (QED) is 0.393. The number of aromatic nitrogens is 2. The molecular formula is C23H21ClN4O5S. The summed E-state index contributed by atoms with van der Waals surface area (Å²) >= 11 is 6.41. The summed E-state index contributed by atoms with van der Waals surface area (Å²) in [5, 5.41) is 4.21. The minimum Gasteiger partial charge on any atom is -0.497 e. The molecule has 2 aromatic carbocycles. The largest absolute Gasteiger partial charge is 0.497 e. The van der Waals surface area contributed by atoms with E-state index in [-0.39, 0.29) is 10.6 Å². The van der Waals surface area contributed by atoms with Crippen LogP contribution in [0.25, 0.3) is 10.9 Å². The number of halogens is 1. The number of hydrogen-bond donors (Lipinski definition) is 2. The summed E-state index contributed by atoms with van der Waals surface area (Å²) in [4.78, 5) is 17.2. The van der Waals surface area contributed by atoms with E-state index in [1.54, 1.807) is 55.3 Å². The molecule has 9 nitrogen and oxygen atoms in total. The van der Waals surface area contributed by atoms with E-state index in [2.05, 4.69) is 15.0 Å². The van der Waals surface area contributed by atoms with E-state index >= 15 is 0 Å². The lowest BCUT2D eigenvalue weighted by atomic mass is 10.2. The van der Waals surface area contributed by atoms with Crippen LogP contribution < -0.4 is 19.5 Å². The lowest BCUT2D eigenvalue weighted by molar-refractivity contribution is 0.0974. The van der Waals surface area contributed by atoms with E-state index in [1.807, 2.05) is 0 Å². The predicted molar refractivity (Wildman–Crippen MR) is 130 cm³/mol. The summed E-state index contributed by atoms with van der Waals surface area (Å²) in [7, 11) is 0.565. The molecule has 0 aliphatic heterocycles. The Kier molecular flexibility index (Phi) is 6.36. The number of carbonyl (C=O) groups is 1. The van der Waals surface area contributed by atoms with Crippen LogP contribution in [0.3, 0.4) is 0 Å². The molecule has 4 rings (SSSR count). The van der Waals surface area contributed by atoms with E-state index in [4.69, 9.17) is 21.1 Å². The molecule has 0 saturated carbocycles. The standard InChI is InChI=1S/C23H21ClN4O5S/c1-28-20(23(29)27-34(30,31)16-6-4-14(32-2)5-7-16)13-17-19(9-8-18(24)22(17)28)26-21-12-15(33-3)10-11-25-21/h4-13H,1-3H3,(H,25,26)(H,27,29). The van der Waals surface area contributed by atoms with Gasteiger partial charge in [0.05, 0.1) is 29.7 Å². The van der Waals surface area contributed by atoms with Crippen molar-refractivity contribution in [1.82, 2.24) is 14.3 Å². The van der Waals surface area contributed by atoms with Gasteiger partial charge in [-0.1, -0.05) is 11.6 Å². The Bertz CT molecular complexity index is 1480. The molecule has 4 aromatic rings. The minimum absolute atomic E-state index is 0.0649. The van der Waals surface area contributed by atoms with Crippen LogP contribution in [-0.2, 0) is 17.1 Å². The molecule has 176 valence electrons. The maximum atomic E-state index is 13.0. The lowest BCUT2D eigenvalue weighted by Gasteiger charge is -2.10. The second-order valence-corrected chi connectivity index (χ2v) is 9.35. The lowest BCUT2D eigenvalue weighted by Crippen LogP contribution is -2.31. The van der Waals surface area contributed by atoms with Gasteiger partial charge in [0, 0.05) is 30.4 Å². The monoisotopic (exact) mass is 500 g/mol. The summed E-state index contributed by atoms with van der Waals surface area (Å²) in [6.45, 7) is 0. The molecule has 2 heterocycles. The summed E-state index contributed by atoms with van der Waals surface area (Å²) in [6.07, 6.45) is 1.60. The molecule has 34 heavy (non-hydrogen) atoms. The molecule has 11 heteroatoms. The smallest absolute Gasteiger partial charge is 0.281 e. The fraction of sp³-hybridized carbons (Fsp3) is 0.130. The van der Waals surface area contributed by atoms with Crippen molar-refractivity contribution < 1.29 is 22.7 Å². The first kappa shape index (κ1) is 23.4. The SMILES string of the molecule is COc1ccc(S(=O)(=O)NC(=O)c2cc3c(Nc4cc(OC)ccn4)ccc(Cl)c3n2C)cc1. The number of aryl methyl sites for hydroxylation is 1. The van der Waals surface area contributed by atoms with Crippen LogP contribution in [0.15, 0.2) is 65.7 Å². The molecule has 0 atom stereocenters. The first-order valence-electron chi connectivity index (χ1n) is 9.99. The number of pyridine rings is 1. The average Bonchev–Trinajstić information content (AvgIpc) is 3.19. The van der Waals surface area contributed by atoms with Gasteiger partial charge in [0.25, 0.3) is 15.9 Å². The average molecular weight is 501 g/mol. The first-order valence-corrected chi connectivity index (χ1v) is 11.9. The number of carbonyl (C=O) groups excluding carboxylic acids is 1. The van der Waals surface area contributed by atoms with Gasteiger partial charge < -0.3 is 19.4 Å². The summed E-state index contributed by atoms with van der Waals surface area (Å²) in [6, 6.07) is 14.2. The Hall–Kier alpha value is -3.76. The third kappa shape index (κ3) is 4.50. The van der Waals surface area contributed by atoms with Crippen molar-refractivity contribution in [2.45, 2.75) is 4.90 Å². The van der Waals surface area contributed by atoms with Crippen molar-refractivity contribution in [2.75, 3.05) is 19.5 Å². The van der Waals surface area contributed by atoms with Crippen LogP contribution in [0.2, 0.25) is 5.02 Å². The van der Waals surface area contributed by atoms with Crippen LogP contribution >= 0.6 is 11.6 Å². The number of sulfonamides is 1. The molecule has 0 aliphatic rings. The molecule has 0 spiro atoms. The zero-order valence-electron chi connectivity index (χ0n) is 18.5. The number of hydrogen-bond acceptors (Lipinski definition) is 7. The molecule has 2 N–H and O–H groups in total. The van der Waals surface area contributed by atoms with Crippen LogP contribution in [0, 0.1) is 0 Å². The highest BCUT2D eigenvalue weighted by Gasteiger charge is 2.23. The number of anilines is 2. The van der Waals surface area contributed by atoms with Gasteiger partial charge in [0.2, 0.25) is 0 Å². The maximum absolute atomic E-state index is 13.0. The molecule has 0 unspecified atom stereocenters. The van der Waals surface area contributed by atoms with Crippen LogP contribution in [-0.4, -0.2) is 38.1 Å². The van der Waals surface area contributed by atoms with Gasteiger partial charge in [-0.2, -0.15) is 0 Å². The zero-order chi connectivity index (χ0) is 24.5. The number of rotatable bonds is 7. The zero-order valence-corrected chi connectivity index (χ0v) is 20.1. The maximum Gasteiger partial charge on any atom is 0.281 e. The number of benzene rings is 2. The second kappa shape index (κ2) is 9.24. The fourth-order valence-corrected chi connectivity index (χ4v) is 4.73. The molecule has 0 saturated heterocycles. The van der Waals surface area contributed by atoms with Crippen molar-refractivity contribution in [3.05, 3.63) is 71.5 Å². The highest BCUT2D eigenvalue weighted by Crippen LogP contribution is 2.34. The normalized spacial score (nSPS) is 11.3. The second-order valence-electron chi connectivity index (χ2n) is 7.26. The molecule has 0 radical (unpaired) electrons. The van der Waals surface area contributed by atoms with Crippen molar-refractivity contribution >= 4 is 49.9 Å². The molecule has 0 aliphatic carbocycles. The minimum atomic E-state index is -4.10. The molecular weight excluding hydrogens is 480 g/mol. The van der Waals surface area contributed by atoms with Gasteiger partial charge in [0.1, 0.15) is 23.0 Å². The summed E-state index contributed by atoms with van der Waals surface area (Å²) < 4.78 is 39.4. The third-order valence-corrected chi connectivity index (χ3v) is 6.86. The van der Waals surface area contributed by atoms with Crippen molar-refractivity contribution in [3.8, 4) is 11.5 Å². The molecule has 1 amide bonds. The summed E-state index contributed by atoms with van der Waals surface area (Å²) in [5.74, 6) is 0.856. The van der Waals surface area contributed by atoms with Gasteiger partial charge in [-0.05, 0) is 48.5 Å². The highest BCUT2D eigenvalue weighted by molar-refractivity contribution is 7.90.